The lowest BCUT2D eigenvalue weighted by molar-refractivity contribution is -0.385. The minimum Gasteiger partial charge on any atom is -0.363 e. The molecular formula is C25H26N4O10S2. The van der Waals surface area contributed by atoms with E-state index in [0.29, 0.717) is 39.7 Å². The third-order valence-corrected chi connectivity index (χ3v) is 8.80. The van der Waals surface area contributed by atoms with Gasteiger partial charge in [0.25, 0.3) is 11.4 Å². The van der Waals surface area contributed by atoms with Gasteiger partial charge in [0.15, 0.2) is 5.78 Å². The average Bonchev–Trinajstić information content (AvgIpc) is 3.28. The molecule has 3 heterocycles. The Balaban J connectivity index is 0.000000189. The zero-order valence-electron chi connectivity index (χ0n) is 22.9. The van der Waals surface area contributed by atoms with Crippen molar-refractivity contribution in [2.24, 2.45) is 0 Å². The van der Waals surface area contributed by atoms with Gasteiger partial charge in [0.05, 0.1) is 45.7 Å². The van der Waals surface area contributed by atoms with Gasteiger partial charge >= 0.3 is 0 Å². The third-order valence-electron chi connectivity index (χ3n) is 6.69. The number of fused-ring (bicyclic) bond motifs is 2. The molecule has 0 saturated carbocycles. The van der Waals surface area contributed by atoms with Gasteiger partial charge in [0.2, 0.25) is 20.0 Å². The van der Waals surface area contributed by atoms with Gasteiger partial charge in [-0.15, -0.1) is 0 Å². The maximum atomic E-state index is 12.1. The molecule has 16 heteroatoms. The molecule has 218 valence electrons. The Morgan fingerprint density at radius 2 is 1.24 bits per heavy atom. The number of aromatic nitrogens is 2. The summed E-state index contributed by atoms with van der Waals surface area (Å²) in [5, 5.41) is 22.8. The van der Waals surface area contributed by atoms with Crippen molar-refractivity contribution < 1.29 is 36.2 Å². The maximum absolute atomic E-state index is 12.1. The van der Waals surface area contributed by atoms with Crippen molar-refractivity contribution in [2.75, 3.05) is 19.1 Å². The number of Topliss-reactive ketones (excluding diaryl/α,β-unsaturated/α-hetero) is 1. The summed E-state index contributed by atoms with van der Waals surface area (Å²) in [6.45, 7) is 6.58. The highest BCUT2D eigenvalue weighted by molar-refractivity contribution is 7.89. The van der Waals surface area contributed by atoms with Crippen molar-refractivity contribution in [3.63, 3.8) is 0 Å². The number of nitrogens with zero attached hydrogens (tertiary/aromatic N) is 4. The van der Waals surface area contributed by atoms with Crippen molar-refractivity contribution in [1.29, 1.82) is 0 Å². The standard InChI is InChI=1S/C13H14N2O5S.C12H12N2O5S/c1-8-4-11-9(5-10(8)15(16)17)6-12(13(2)7-20-13)14(11)21(3,18)19;1-7-4-12-9(5-10(7)14(16)17)6-11(8(2)15)13(12)20(3,18)19/h4-6H,7H2,1-3H3;4-6H,1-3H3. The molecule has 5 rings (SSSR count). The number of carbonyl (C=O) groups excluding carboxylic acids is 1. The minimum absolute atomic E-state index is 0.0117. The van der Waals surface area contributed by atoms with Crippen molar-refractivity contribution in [3.05, 3.63) is 79.1 Å². The smallest absolute Gasteiger partial charge is 0.273 e. The molecule has 0 radical (unpaired) electrons. The summed E-state index contributed by atoms with van der Waals surface area (Å²) in [6, 6.07) is 8.62. The molecule has 0 amide bonds. The predicted octanol–water partition coefficient (Wildman–Crippen LogP) is 3.78. The average molecular weight is 607 g/mol. The highest BCUT2D eigenvalue weighted by atomic mass is 32.2. The molecule has 0 N–H and O–H groups in total. The first-order valence-electron chi connectivity index (χ1n) is 11.9. The normalized spacial score (nSPS) is 16.8. The van der Waals surface area contributed by atoms with E-state index >= 15 is 0 Å². The summed E-state index contributed by atoms with van der Waals surface area (Å²) >= 11 is 0. The van der Waals surface area contributed by atoms with Crippen molar-refractivity contribution in [2.45, 2.75) is 33.3 Å². The lowest BCUT2D eigenvalue weighted by Crippen LogP contribution is -2.18. The molecule has 2 aromatic carbocycles. The Morgan fingerprint density at radius 1 is 0.829 bits per heavy atom. The van der Waals surface area contributed by atoms with Crippen LogP contribution in [0.25, 0.3) is 21.8 Å². The molecule has 14 nitrogen and oxygen atoms in total. The molecule has 1 unspecified atom stereocenters. The fourth-order valence-electron chi connectivity index (χ4n) is 4.63. The van der Waals surface area contributed by atoms with Crippen molar-refractivity contribution in [1.82, 2.24) is 7.94 Å². The second-order valence-electron chi connectivity index (χ2n) is 10.1. The molecule has 0 aliphatic carbocycles. The number of hydrogen-bond donors (Lipinski definition) is 0. The lowest BCUT2D eigenvalue weighted by atomic mass is 10.1. The number of ether oxygens (including phenoxy) is 1. The molecule has 0 bridgehead atoms. The van der Waals surface area contributed by atoms with Gasteiger partial charge in [-0.3, -0.25) is 25.0 Å². The van der Waals surface area contributed by atoms with Crippen LogP contribution in [0.3, 0.4) is 0 Å². The number of ketones is 1. The van der Waals surface area contributed by atoms with Gasteiger partial charge in [-0.25, -0.2) is 24.8 Å². The predicted molar refractivity (Wildman–Crippen MR) is 150 cm³/mol. The number of rotatable bonds is 6. The number of hydrogen-bond acceptors (Lipinski definition) is 10. The summed E-state index contributed by atoms with van der Waals surface area (Å²) in [7, 11) is -7.23. The first kappa shape index (κ1) is 29.8. The summed E-state index contributed by atoms with van der Waals surface area (Å²) in [5.74, 6) is -0.424. The van der Waals surface area contributed by atoms with Crippen LogP contribution >= 0.6 is 0 Å². The van der Waals surface area contributed by atoms with Gasteiger partial charge in [-0.2, -0.15) is 0 Å². The Kier molecular flexibility index (Phi) is 7.09. The van der Waals surface area contributed by atoms with Gasteiger partial charge < -0.3 is 4.74 Å². The van der Waals surface area contributed by atoms with Crippen LogP contribution < -0.4 is 0 Å². The van der Waals surface area contributed by atoms with Crippen LogP contribution in [0.15, 0.2) is 36.4 Å². The molecule has 2 aromatic heterocycles. The molecule has 1 aliphatic rings. The van der Waals surface area contributed by atoms with Crippen LogP contribution in [0.1, 0.15) is 41.2 Å². The fraction of sp³-hybridized carbons (Fsp3) is 0.320. The van der Waals surface area contributed by atoms with E-state index in [9.17, 15) is 41.9 Å². The molecule has 1 fully saturated rings. The zero-order valence-corrected chi connectivity index (χ0v) is 24.5. The summed E-state index contributed by atoms with van der Waals surface area (Å²) in [5.41, 5.74) is 1.16. The summed E-state index contributed by atoms with van der Waals surface area (Å²) < 4.78 is 55.4. The summed E-state index contributed by atoms with van der Waals surface area (Å²) in [4.78, 5) is 32.5. The van der Waals surface area contributed by atoms with Crippen LogP contribution in [-0.4, -0.2) is 59.5 Å². The Hall–Kier alpha value is -4.15. The number of benzene rings is 2. The number of nitro groups is 2. The van der Waals surface area contributed by atoms with Crippen molar-refractivity contribution >= 4 is 59.0 Å². The van der Waals surface area contributed by atoms with E-state index in [4.69, 9.17) is 4.74 Å². The SMILES string of the molecule is CC(=O)c1cc2cc([N+](=O)[O-])c(C)cc2n1S(C)(=O)=O.Cc1cc2c(cc1[N+](=O)[O-])cc(C1(C)CO1)n2S(C)(=O)=O. The number of epoxide rings is 1. The number of aryl methyl sites for hydroxylation is 2. The minimum atomic E-state index is -3.69. The van der Waals surface area contributed by atoms with E-state index in [0.717, 1.165) is 16.5 Å². The Labute approximate surface area is 234 Å². The molecule has 41 heavy (non-hydrogen) atoms. The van der Waals surface area contributed by atoms with E-state index in [1.165, 1.54) is 48.2 Å². The molecule has 1 saturated heterocycles. The largest absolute Gasteiger partial charge is 0.363 e. The third kappa shape index (κ3) is 5.45. The highest BCUT2D eigenvalue weighted by Gasteiger charge is 2.45. The van der Waals surface area contributed by atoms with Gasteiger partial charge in [-0.1, -0.05) is 0 Å². The van der Waals surface area contributed by atoms with Gasteiger partial charge in [0.1, 0.15) is 11.3 Å². The van der Waals surface area contributed by atoms with Crippen LogP contribution in [-0.2, 0) is 30.4 Å². The number of carbonyl (C=O) groups is 1. The molecule has 1 aliphatic heterocycles. The fourth-order valence-corrected chi connectivity index (χ4v) is 6.80. The zero-order chi connectivity index (χ0) is 30.8. The topological polar surface area (TPSA) is 194 Å². The van der Waals surface area contributed by atoms with Crippen molar-refractivity contribution in [3.8, 4) is 0 Å². The van der Waals surface area contributed by atoms with Crippen LogP contribution in [0, 0.1) is 34.1 Å². The van der Waals surface area contributed by atoms with E-state index in [1.807, 2.05) is 0 Å². The second kappa shape index (κ2) is 9.74. The number of nitro benzene ring substituents is 2. The van der Waals surface area contributed by atoms with Gasteiger partial charge in [-0.05, 0) is 45.0 Å². The van der Waals surface area contributed by atoms with E-state index in [2.05, 4.69) is 0 Å². The maximum Gasteiger partial charge on any atom is 0.273 e. The first-order valence-corrected chi connectivity index (χ1v) is 15.6. The highest BCUT2D eigenvalue weighted by Crippen LogP contribution is 2.42. The lowest BCUT2D eigenvalue weighted by Gasteiger charge is -2.11. The Bertz CT molecular complexity index is 2020. The van der Waals surface area contributed by atoms with E-state index in [-0.39, 0.29) is 22.6 Å². The molecular weight excluding hydrogens is 580 g/mol. The monoisotopic (exact) mass is 606 g/mol. The van der Waals surface area contributed by atoms with Crippen LogP contribution in [0.2, 0.25) is 0 Å². The molecule has 0 spiro atoms. The van der Waals surface area contributed by atoms with Crippen LogP contribution in [0.4, 0.5) is 11.4 Å². The van der Waals surface area contributed by atoms with Crippen LogP contribution in [0.5, 0.6) is 0 Å². The second-order valence-corrected chi connectivity index (χ2v) is 13.8. The first-order chi connectivity index (χ1) is 18.8. The molecule has 1 atom stereocenters. The van der Waals surface area contributed by atoms with E-state index < -0.39 is 41.3 Å². The summed E-state index contributed by atoms with van der Waals surface area (Å²) in [6.07, 6.45) is 2.09. The molecule has 4 aromatic rings. The quantitative estimate of drug-likeness (QED) is 0.135. The van der Waals surface area contributed by atoms with Gasteiger partial charge in [0, 0.05) is 41.0 Å². The van der Waals surface area contributed by atoms with E-state index in [1.54, 1.807) is 19.9 Å². The Morgan fingerprint density at radius 3 is 1.61 bits per heavy atom.